The van der Waals surface area contributed by atoms with Gasteiger partial charge in [0.1, 0.15) is 5.82 Å². The molecule has 0 spiro atoms. The van der Waals surface area contributed by atoms with Gasteiger partial charge in [-0.05, 0) is 31.2 Å². The van der Waals surface area contributed by atoms with Crippen LogP contribution < -0.4 is 11.1 Å². The Balaban J connectivity index is 2.09. The van der Waals surface area contributed by atoms with Crippen molar-refractivity contribution >= 4 is 23.0 Å². The Bertz CT molecular complexity index is 528. The Morgan fingerprint density at radius 2 is 2.18 bits per heavy atom. The number of anilines is 2. The summed E-state index contributed by atoms with van der Waals surface area (Å²) in [6, 6.07) is 7.19. The lowest BCUT2D eigenvalue weighted by atomic mass is 10.2. The zero-order valence-corrected chi connectivity index (χ0v) is 10.2. The summed E-state index contributed by atoms with van der Waals surface area (Å²) in [7, 11) is 0. The molecule has 3 N–H and O–H groups in total. The fraction of sp³-hybridized carbons (Fsp3) is 0.167. The number of benzene rings is 1. The van der Waals surface area contributed by atoms with E-state index in [1.54, 1.807) is 24.4 Å². The summed E-state index contributed by atoms with van der Waals surface area (Å²) in [5.74, 6) is 0.753. The third-order valence-corrected chi connectivity index (χ3v) is 2.54. The van der Waals surface area contributed by atoms with E-state index in [2.05, 4.69) is 15.3 Å². The second-order valence-electron chi connectivity index (χ2n) is 3.68. The van der Waals surface area contributed by atoms with E-state index in [0.29, 0.717) is 17.3 Å². The summed E-state index contributed by atoms with van der Waals surface area (Å²) in [6.45, 7) is 2.45. The van der Waals surface area contributed by atoms with Gasteiger partial charge in [-0.25, -0.2) is 9.97 Å². The molecule has 0 atom stereocenters. The SMILES string of the molecule is Cc1nccc(CNc2cc(Cl)ccc2N)n1. The molecule has 5 heteroatoms. The lowest BCUT2D eigenvalue weighted by Gasteiger charge is -2.09. The van der Waals surface area contributed by atoms with E-state index in [0.717, 1.165) is 17.2 Å². The molecule has 0 unspecified atom stereocenters. The van der Waals surface area contributed by atoms with Crippen LogP contribution in [0.1, 0.15) is 11.5 Å². The second kappa shape index (κ2) is 5.01. The van der Waals surface area contributed by atoms with Crippen LogP contribution in [0, 0.1) is 6.92 Å². The number of halogens is 1. The molecular formula is C12H13ClN4. The van der Waals surface area contributed by atoms with Crippen molar-refractivity contribution in [1.29, 1.82) is 0 Å². The van der Waals surface area contributed by atoms with Gasteiger partial charge in [0.05, 0.1) is 23.6 Å². The number of nitrogens with one attached hydrogen (secondary N) is 1. The third kappa shape index (κ3) is 3.07. The summed E-state index contributed by atoms with van der Waals surface area (Å²) in [4.78, 5) is 8.33. The Hall–Kier alpha value is -1.81. The number of nitrogen functional groups attached to an aromatic ring is 1. The minimum Gasteiger partial charge on any atom is -0.397 e. The predicted octanol–water partition coefficient (Wildman–Crippen LogP) is 2.63. The molecule has 4 nitrogen and oxygen atoms in total. The first-order chi connectivity index (χ1) is 8.15. The summed E-state index contributed by atoms with van der Waals surface area (Å²) in [6.07, 6.45) is 1.74. The molecule has 1 aromatic carbocycles. The number of aryl methyl sites for hydroxylation is 1. The number of hydrogen-bond donors (Lipinski definition) is 2. The Labute approximate surface area is 105 Å². The fourth-order valence-electron chi connectivity index (χ4n) is 1.47. The van der Waals surface area contributed by atoms with Crippen LogP contribution in [-0.4, -0.2) is 9.97 Å². The van der Waals surface area contributed by atoms with E-state index < -0.39 is 0 Å². The highest BCUT2D eigenvalue weighted by Crippen LogP contribution is 2.23. The van der Waals surface area contributed by atoms with Gasteiger partial charge in [-0.15, -0.1) is 0 Å². The summed E-state index contributed by atoms with van der Waals surface area (Å²) >= 11 is 5.90. The standard InChI is InChI=1S/C12H13ClN4/c1-8-15-5-4-10(17-8)7-16-12-6-9(13)2-3-11(12)14/h2-6,16H,7,14H2,1H3. The van der Waals surface area contributed by atoms with Gasteiger partial charge < -0.3 is 11.1 Å². The average Bonchev–Trinajstić information content (AvgIpc) is 2.30. The molecule has 17 heavy (non-hydrogen) atoms. The summed E-state index contributed by atoms with van der Waals surface area (Å²) < 4.78 is 0. The first kappa shape index (κ1) is 11.7. The molecule has 2 rings (SSSR count). The monoisotopic (exact) mass is 248 g/mol. The van der Waals surface area contributed by atoms with Crippen LogP contribution in [0.5, 0.6) is 0 Å². The zero-order chi connectivity index (χ0) is 12.3. The largest absolute Gasteiger partial charge is 0.397 e. The van der Waals surface area contributed by atoms with Crippen molar-refractivity contribution in [2.75, 3.05) is 11.1 Å². The minimum atomic E-state index is 0.591. The molecule has 0 aliphatic rings. The van der Waals surface area contributed by atoms with Crippen LogP contribution in [-0.2, 0) is 6.54 Å². The first-order valence-electron chi connectivity index (χ1n) is 5.22. The highest BCUT2D eigenvalue weighted by Gasteiger charge is 2.01. The van der Waals surface area contributed by atoms with E-state index in [1.165, 1.54) is 0 Å². The van der Waals surface area contributed by atoms with E-state index in [1.807, 2.05) is 13.0 Å². The zero-order valence-electron chi connectivity index (χ0n) is 9.44. The van der Waals surface area contributed by atoms with Gasteiger partial charge in [0.15, 0.2) is 0 Å². The van der Waals surface area contributed by atoms with Crippen LogP contribution in [0.2, 0.25) is 5.02 Å². The van der Waals surface area contributed by atoms with Crippen LogP contribution in [0.4, 0.5) is 11.4 Å². The van der Waals surface area contributed by atoms with Gasteiger partial charge >= 0.3 is 0 Å². The predicted molar refractivity (Wildman–Crippen MR) is 70.0 cm³/mol. The topological polar surface area (TPSA) is 63.8 Å². The van der Waals surface area contributed by atoms with Crippen LogP contribution >= 0.6 is 11.6 Å². The minimum absolute atomic E-state index is 0.591. The molecule has 0 amide bonds. The van der Waals surface area contributed by atoms with Gasteiger partial charge in [-0.2, -0.15) is 0 Å². The lowest BCUT2D eigenvalue weighted by Crippen LogP contribution is -2.05. The van der Waals surface area contributed by atoms with E-state index >= 15 is 0 Å². The van der Waals surface area contributed by atoms with Gasteiger partial charge in [0.2, 0.25) is 0 Å². The molecule has 1 heterocycles. The van der Waals surface area contributed by atoms with Crippen molar-refractivity contribution in [2.24, 2.45) is 0 Å². The van der Waals surface area contributed by atoms with Crippen molar-refractivity contribution in [3.05, 3.63) is 47.0 Å². The lowest BCUT2D eigenvalue weighted by molar-refractivity contribution is 0.956. The molecule has 0 fully saturated rings. The average molecular weight is 249 g/mol. The summed E-state index contributed by atoms with van der Waals surface area (Å²) in [5, 5.41) is 3.85. The number of hydrogen-bond acceptors (Lipinski definition) is 4. The molecule has 1 aromatic heterocycles. The molecule has 0 saturated carbocycles. The molecule has 2 aromatic rings. The molecule has 0 bridgehead atoms. The molecular weight excluding hydrogens is 236 g/mol. The number of nitrogens with two attached hydrogens (primary N) is 1. The van der Waals surface area contributed by atoms with Crippen LogP contribution in [0.3, 0.4) is 0 Å². The van der Waals surface area contributed by atoms with Gasteiger partial charge in [0.25, 0.3) is 0 Å². The maximum atomic E-state index is 5.90. The first-order valence-corrected chi connectivity index (χ1v) is 5.60. The highest BCUT2D eigenvalue weighted by atomic mass is 35.5. The molecule has 0 aliphatic carbocycles. The normalized spacial score (nSPS) is 10.2. The maximum Gasteiger partial charge on any atom is 0.125 e. The summed E-state index contributed by atoms with van der Waals surface area (Å²) in [5.41, 5.74) is 8.22. The highest BCUT2D eigenvalue weighted by molar-refractivity contribution is 6.31. The van der Waals surface area contributed by atoms with Gasteiger partial charge in [-0.1, -0.05) is 11.6 Å². The van der Waals surface area contributed by atoms with E-state index in [4.69, 9.17) is 17.3 Å². The van der Waals surface area contributed by atoms with Crippen molar-refractivity contribution < 1.29 is 0 Å². The van der Waals surface area contributed by atoms with Crippen LogP contribution in [0.25, 0.3) is 0 Å². The number of aromatic nitrogens is 2. The van der Waals surface area contributed by atoms with E-state index in [-0.39, 0.29) is 0 Å². The number of rotatable bonds is 3. The quantitative estimate of drug-likeness (QED) is 0.820. The van der Waals surface area contributed by atoms with Crippen LogP contribution in [0.15, 0.2) is 30.5 Å². The number of nitrogens with zero attached hydrogens (tertiary/aromatic N) is 2. The van der Waals surface area contributed by atoms with Crippen molar-refractivity contribution in [1.82, 2.24) is 9.97 Å². The Morgan fingerprint density at radius 3 is 2.94 bits per heavy atom. The Morgan fingerprint density at radius 1 is 1.35 bits per heavy atom. The smallest absolute Gasteiger partial charge is 0.125 e. The fourth-order valence-corrected chi connectivity index (χ4v) is 1.64. The van der Waals surface area contributed by atoms with Gasteiger partial charge in [0, 0.05) is 11.2 Å². The molecule has 0 saturated heterocycles. The second-order valence-corrected chi connectivity index (χ2v) is 4.12. The molecule has 88 valence electrons. The Kier molecular flexibility index (Phi) is 3.44. The third-order valence-electron chi connectivity index (χ3n) is 2.31. The van der Waals surface area contributed by atoms with Crippen molar-refractivity contribution in [3.8, 4) is 0 Å². The van der Waals surface area contributed by atoms with Gasteiger partial charge in [-0.3, -0.25) is 0 Å². The maximum absolute atomic E-state index is 5.90. The van der Waals surface area contributed by atoms with E-state index in [9.17, 15) is 0 Å². The molecule has 0 aliphatic heterocycles. The van der Waals surface area contributed by atoms with Crippen molar-refractivity contribution in [3.63, 3.8) is 0 Å². The molecule has 0 radical (unpaired) electrons. The van der Waals surface area contributed by atoms with Crippen molar-refractivity contribution in [2.45, 2.75) is 13.5 Å².